The fourth-order valence-corrected chi connectivity index (χ4v) is 4.99. The summed E-state index contributed by atoms with van der Waals surface area (Å²) in [5.41, 5.74) is 3.35. The molecule has 4 aromatic rings. The van der Waals surface area contributed by atoms with Gasteiger partial charge in [0, 0.05) is 50.2 Å². The summed E-state index contributed by atoms with van der Waals surface area (Å²) in [7, 11) is 0. The minimum absolute atomic E-state index is 0.0502. The van der Waals surface area contributed by atoms with Gasteiger partial charge in [-0.15, -0.1) is 0 Å². The number of nitrogens with zero attached hydrogens (tertiary/aromatic N) is 3. The lowest BCUT2D eigenvalue weighted by Gasteiger charge is -2.34. The van der Waals surface area contributed by atoms with Crippen LogP contribution in [0.3, 0.4) is 0 Å². The number of hydrogen-bond acceptors (Lipinski definition) is 3. The van der Waals surface area contributed by atoms with E-state index in [-0.39, 0.29) is 18.3 Å². The van der Waals surface area contributed by atoms with Gasteiger partial charge in [-0.2, -0.15) is 0 Å². The van der Waals surface area contributed by atoms with Crippen molar-refractivity contribution in [2.24, 2.45) is 0 Å². The van der Waals surface area contributed by atoms with Gasteiger partial charge in [0.25, 0.3) is 5.91 Å². The minimum atomic E-state index is -0.284. The summed E-state index contributed by atoms with van der Waals surface area (Å²) in [5, 5.41) is 0.880. The first kappa shape index (κ1) is 25.7. The number of amides is 1. The summed E-state index contributed by atoms with van der Waals surface area (Å²) in [6.07, 6.45) is 5.24. The Balaban J connectivity index is 1.28. The third kappa shape index (κ3) is 5.81. The molecule has 1 aliphatic rings. The van der Waals surface area contributed by atoms with Crippen molar-refractivity contribution < 1.29 is 13.9 Å². The van der Waals surface area contributed by atoms with Crippen molar-refractivity contribution in [3.05, 3.63) is 108 Å². The first-order chi connectivity index (χ1) is 18.6. The van der Waals surface area contributed by atoms with Gasteiger partial charge in [-0.1, -0.05) is 73.7 Å². The molecule has 0 saturated carbocycles. The minimum Gasteiger partial charge on any atom is -0.488 e. The second-order valence-electron chi connectivity index (χ2n) is 9.66. The van der Waals surface area contributed by atoms with Gasteiger partial charge in [-0.3, -0.25) is 9.69 Å². The van der Waals surface area contributed by atoms with Crippen molar-refractivity contribution >= 4 is 22.9 Å². The Morgan fingerprint density at radius 3 is 2.47 bits per heavy atom. The Morgan fingerprint density at radius 1 is 0.947 bits per heavy atom. The summed E-state index contributed by atoms with van der Waals surface area (Å²) in [4.78, 5) is 18.0. The second-order valence-corrected chi connectivity index (χ2v) is 9.66. The molecule has 1 amide bonds. The first-order valence-electron chi connectivity index (χ1n) is 13.4. The normalized spacial score (nSPS) is 14.4. The maximum absolute atomic E-state index is 14.1. The molecule has 1 fully saturated rings. The number of carbonyl (C=O) groups is 1. The maximum Gasteiger partial charge on any atom is 0.270 e. The van der Waals surface area contributed by atoms with Crippen LogP contribution >= 0.6 is 0 Å². The summed E-state index contributed by atoms with van der Waals surface area (Å²) in [5.74, 6) is 0.424. The number of aryl methyl sites for hydroxylation is 1. The SMILES string of the molecule is CCCn1c(C(=O)N2CCN(CC=Cc3ccccc3)CC2)cc2c(OCc3ccccc3F)cccc21. The van der Waals surface area contributed by atoms with Gasteiger partial charge in [0.1, 0.15) is 23.9 Å². The molecular weight excluding hydrogens is 477 g/mol. The van der Waals surface area contributed by atoms with Crippen LogP contribution in [0.2, 0.25) is 0 Å². The maximum atomic E-state index is 14.1. The van der Waals surface area contributed by atoms with Crippen LogP contribution in [0.15, 0.2) is 84.9 Å². The Hall–Kier alpha value is -3.90. The van der Waals surface area contributed by atoms with Crippen LogP contribution in [0.1, 0.15) is 35.0 Å². The molecule has 3 aromatic carbocycles. The summed E-state index contributed by atoms with van der Waals surface area (Å²) in [6, 6.07) is 24.7. The fraction of sp³-hybridized carbons (Fsp3) is 0.281. The summed E-state index contributed by atoms with van der Waals surface area (Å²) in [6.45, 7) is 6.94. The Morgan fingerprint density at radius 2 is 1.71 bits per heavy atom. The number of fused-ring (bicyclic) bond motifs is 1. The molecule has 6 heteroatoms. The lowest BCUT2D eigenvalue weighted by atomic mass is 10.2. The molecule has 0 unspecified atom stereocenters. The van der Waals surface area contributed by atoms with Crippen LogP contribution in [0.5, 0.6) is 5.75 Å². The number of halogens is 1. The number of benzene rings is 3. The van der Waals surface area contributed by atoms with Gasteiger partial charge in [0.15, 0.2) is 0 Å². The highest BCUT2D eigenvalue weighted by Gasteiger charge is 2.25. The third-order valence-electron chi connectivity index (χ3n) is 7.05. The molecule has 0 spiro atoms. The van der Waals surface area contributed by atoms with Crippen LogP contribution in [0.4, 0.5) is 4.39 Å². The van der Waals surface area contributed by atoms with E-state index >= 15 is 0 Å². The number of carbonyl (C=O) groups excluding carboxylic acids is 1. The average molecular weight is 512 g/mol. The molecule has 5 nitrogen and oxygen atoms in total. The standard InChI is InChI=1S/C32H34FN3O2/c1-2-17-36-29-15-8-16-31(38-24-26-13-6-7-14-28(26)33)27(29)23-30(36)32(37)35-21-19-34(20-22-35)18-9-12-25-10-4-3-5-11-25/h3-16,23H,2,17-22,24H2,1H3. The fourth-order valence-electron chi connectivity index (χ4n) is 4.99. The van der Waals surface area contributed by atoms with Crippen LogP contribution in [-0.4, -0.2) is 53.0 Å². The van der Waals surface area contributed by atoms with Crippen molar-refractivity contribution in [3.63, 3.8) is 0 Å². The molecule has 0 bridgehead atoms. The van der Waals surface area contributed by atoms with Gasteiger partial charge < -0.3 is 14.2 Å². The van der Waals surface area contributed by atoms with Crippen LogP contribution < -0.4 is 4.74 Å². The zero-order valence-electron chi connectivity index (χ0n) is 21.9. The zero-order chi connectivity index (χ0) is 26.3. The quantitative estimate of drug-likeness (QED) is 0.267. The van der Waals surface area contributed by atoms with Crippen molar-refractivity contribution in [1.82, 2.24) is 14.4 Å². The molecule has 5 rings (SSSR count). The van der Waals surface area contributed by atoms with Crippen LogP contribution in [0.25, 0.3) is 17.0 Å². The molecule has 2 heterocycles. The van der Waals surface area contributed by atoms with Crippen molar-refractivity contribution in [2.75, 3.05) is 32.7 Å². The van der Waals surface area contributed by atoms with Gasteiger partial charge >= 0.3 is 0 Å². The number of piperazine rings is 1. The predicted octanol–water partition coefficient (Wildman–Crippen LogP) is 6.24. The van der Waals surface area contributed by atoms with Gasteiger partial charge in [0.2, 0.25) is 0 Å². The van der Waals surface area contributed by atoms with E-state index in [0.717, 1.165) is 43.5 Å². The lowest BCUT2D eigenvalue weighted by molar-refractivity contribution is 0.0640. The number of ether oxygens (including phenoxy) is 1. The monoisotopic (exact) mass is 511 g/mol. The van der Waals surface area contributed by atoms with E-state index in [1.54, 1.807) is 18.2 Å². The lowest BCUT2D eigenvalue weighted by Crippen LogP contribution is -2.49. The van der Waals surface area contributed by atoms with Crippen molar-refractivity contribution in [1.29, 1.82) is 0 Å². The molecular formula is C32H34FN3O2. The molecule has 0 N–H and O–H groups in total. The highest BCUT2D eigenvalue weighted by Crippen LogP contribution is 2.31. The third-order valence-corrected chi connectivity index (χ3v) is 7.05. The zero-order valence-corrected chi connectivity index (χ0v) is 21.9. The summed E-state index contributed by atoms with van der Waals surface area (Å²) < 4.78 is 22.3. The van der Waals surface area contributed by atoms with E-state index in [4.69, 9.17) is 4.74 Å². The second kappa shape index (κ2) is 12.1. The first-order valence-corrected chi connectivity index (χ1v) is 13.4. The Labute approximate surface area is 223 Å². The van der Waals surface area contributed by atoms with E-state index in [0.29, 0.717) is 30.1 Å². The number of hydrogen-bond donors (Lipinski definition) is 0. The predicted molar refractivity (Wildman–Crippen MR) is 151 cm³/mol. The number of aromatic nitrogens is 1. The van der Waals surface area contributed by atoms with E-state index in [9.17, 15) is 9.18 Å². The molecule has 1 saturated heterocycles. The smallest absolute Gasteiger partial charge is 0.270 e. The van der Waals surface area contributed by atoms with E-state index in [1.807, 2.05) is 47.4 Å². The van der Waals surface area contributed by atoms with Crippen LogP contribution in [0, 0.1) is 5.82 Å². The molecule has 0 aliphatic carbocycles. The molecule has 0 atom stereocenters. The topological polar surface area (TPSA) is 37.7 Å². The Kier molecular flexibility index (Phi) is 8.19. The van der Waals surface area contributed by atoms with Crippen LogP contribution in [-0.2, 0) is 13.2 Å². The largest absolute Gasteiger partial charge is 0.488 e. The van der Waals surface area contributed by atoms with E-state index in [2.05, 4.69) is 40.7 Å². The molecule has 1 aromatic heterocycles. The molecule has 38 heavy (non-hydrogen) atoms. The molecule has 196 valence electrons. The molecule has 0 radical (unpaired) electrons. The number of rotatable bonds is 9. The van der Waals surface area contributed by atoms with E-state index in [1.165, 1.54) is 11.6 Å². The van der Waals surface area contributed by atoms with Gasteiger partial charge in [-0.25, -0.2) is 4.39 Å². The van der Waals surface area contributed by atoms with E-state index < -0.39 is 0 Å². The molecule has 1 aliphatic heterocycles. The van der Waals surface area contributed by atoms with Gasteiger partial charge in [0.05, 0.1) is 5.52 Å². The summed E-state index contributed by atoms with van der Waals surface area (Å²) >= 11 is 0. The van der Waals surface area contributed by atoms with Crippen molar-refractivity contribution in [3.8, 4) is 5.75 Å². The van der Waals surface area contributed by atoms with Crippen molar-refractivity contribution in [2.45, 2.75) is 26.5 Å². The average Bonchev–Trinajstić information content (AvgIpc) is 3.32. The van der Waals surface area contributed by atoms with Gasteiger partial charge in [-0.05, 0) is 36.2 Å². The Bertz CT molecular complexity index is 1410. The highest BCUT2D eigenvalue weighted by molar-refractivity contribution is 6.00. The highest BCUT2D eigenvalue weighted by atomic mass is 19.1.